The van der Waals surface area contributed by atoms with Crippen LogP contribution in [0.4, 0.5) is 5.95 Å². The van der Waals surface area contributed by atoms with Gasteiger partial charge in [-0.15, -0.1) is 11.3 Å². The van der Waals surface area contributed by atoms with Crippen molar-refractivity contribution in [2.24, 2.45) is 0 Å². The summed E-state index contributed by atoms with van der Waals surface area (Å²) in [6.45, 7) is 4.84. The molecule has 0 bridgehead atoms. The molecule has 74 valence electrons. The second kappa shape index (κ2) is 3.71. The molecule has 0 unspecified atom stereocenters. The lowest BCUT2D eigenvalue weighted by Gasteiger charge is -2.01. The zero-order valence-corrected chi connectivity index (χ0v) is 9.54. The summed E-state index contributed by atoms with van der Waals surface area (Å²) in [4.78, 5) is 10.7. The molecule has 0 aliphatic carbocycles. The van der Waals surface area contributed by atoms with E-state index >= 15 is 0 Å². The molecule has 3 nitrogen and oxygen atoms in total. The van der Waals surface area contributed by atoms with E-state index in [1.807, 2.05) is 19.9 Å². The van der Waals surface area contributed by atoms with Crippen LogP contribution in [-0.4, -0.2) is 16.5 Å². The Bertz CT molecular complexity index is 466. The molecule has 0 saturated carbocycles. The minimum Gasteiger partial charge on any atom is -0.354 e. The number of fused-ring (bicyclic) bond motifs is 1. The van der Waals surface area contributed by atoms with Gasteiger partial charge in [-0.05, 0) is 19.9 Å². The molecule has 0 fully saturated rings. The lowest BCUT2D eigenvalue weighted by atomic mass is 10.4. The number of anilines is 1. The topological polar surface area (TPSA) is 37.8 Å². The first-order valence-corrected chi connectivity index (χ1v) is 5.57. The minimum atomic E-state index is 0.523. The number of nitrogens with zero attached hydrogens (tertiary/aromatic N) is 2. The molecular formula is C9H10ClN3S. The highest BCUT2D eigenvalue weighted by atomic mass is 35.5. The van der Waals surface area contributed by atoms with Crippen molar-refractivity contribution in [3.8, 4) is 0 Å². The average molecular weight is 228 g/mol. The van der Waals surface area contributed by atoms with E-state index in [0.29, 0.717) is 11.1 Å². The van der Waals surface area contributed by atoms with Crippen molar-refractivity contribution in [3.63, 3.8) is 0 Å². The maximum absolute atomic E-state index is 6.03. The van der Waals surface area contributed by atoms with Crippen LogP contribution in [0.5, 0.6) is 0 Å². The van der Waals surface area contributed by atoms with Crippen molar-refractivity contribution in [2.75, 3.05) is 11.9 Å². The summed E-state index contributed by atoms with van der Waals surface area (Å²) >= 11 is 7.66. The van der Waals surface area contributed by atoms with E-state index in [4.69, 9.17) is 11.6 Å². The van der Waals surface area contributed by atoms with E-state index in [9.17, 15) is 0 Å². The Morgan fingerprint density at radius 3 is 3.00 bits per heavy atom. The second-order valence-electron chi connectivity index (χ2n) is 2.94. The molecule has 2 aromatic heterocycles. The number of aryl methyl sites for hydroxylation is 1. The van der Waals surface area contributed by atoms with E-state index < -0.39 is 0 Å². The number of aromatic nitrogens is 2. The van der Waals surface area contributed by atoms with E-state index in [2.05, 4.69) is 15.3 Å². The molecule has 5 heteroatoms. The molecule has 0 spiro atoms. The van der Waals surface area contributed by atoms with Crippen LogP contribution in [-0.2, 0) is 0 Å². The normalized spacial score (nSPS) is 10.8. The highest BCUT2D eigenvalue weighted by Gasteiger charge is 2.07. The molecule has 14 heavy (non-hydrogen) atoms. The first kappa shape index (κ1) is 9.68. The van der Waals surface area contributed by atoms with Gasteiger partial charge in [-0.3, -0.25) is 0 Å². The third kappa shape index (κ3) is 1.67. The summed E-state index contributed by atoms with van der Waals surface area (Å²) in [5.41, 5.74) is 0. The number of hydrogen-bond acceptors (Lipinski definition) is 4. The largest absolute Gasteiger partial charge is 0.354 e. The van der Waals surface area contributed by atoms with Gasteiger partial charge in [0.1, 0.15) is 9.98 Å². The molecule has 0 saturated heterocycles. The molecule has 2 aromatic rings. The highest BCUT2D eigenvalue weighted by molar-refractivity contribution is 7.18. The maximum Gasteiger partial charge on any atom is 0.225 e. The monoisotopic (exact) mass is 227 g/mol. The zero-order chi connectivity index (χ0) is 10.1. The van der Waals surface area contributed by atoms with Gasteiger partial charge in [0.05, 0.1) is 0 Å². The van der Waals surface area contributed by atoms with Crippen LogP contribution in [0.15, 0.2) is 6.07 Å². The zero-order valence-electron chi connectivity index (χ0n) is 7.97. The van der Waals surface area contributed by atoms with Crippen LogP contribution in [0.1, 0.15) is 11.8 Å². The third-order valence-corrected chi connectivity index (χ3v) is 3.04. The number of rotatable bonds is 2. The predicted octanol–water partition coefficient (Wildman–Crippen LogP) is 3.08. The Labute approximate surface area is 91.1 Å². The highest BCUT2D eigenvalue weighted by Crippen LogP contribution is 2.28. The summed E-state index contributed by atoms with van der Waals surface area (Å²) in [6, 6.07) is 2.01. The quantitative estimate of drug-likeness (QED) is 0.802. The van der Waals surface area contributed by atoms with E-state index in [1.54, 1.807) is 11.3 Å². The van der Waals surface area contributed by atoms with Crippen molar-refractivity contribution < 1.29 is 0 Å². The van der Waals surface area contributed by atoms with Crippen LogP contribution in [0.25, 0.3) is 10.2 Å². The fourth-order valence-corrected chi connectivity index (χ4v) is 2.40. The molecule has 2 heterocycles. The molecule has 1 N–H and O–H groups in total. The summed E-state index contributed by atoms with van der Waals surface area (Å²) in [6.07, 6.45) is 0. The molecule has 0 aliphatic rings. The first-order chi connectivity index (χ1) is 6.70. The van der Waals surface area contributed by atoms with Gasteiger partial charge in [0.15, 0.2) is 0 Å². The summed E-state index contributed by atoms with van der Waals surface area (Å²) in [5, 5.41) is 4.51. The van der Waals surface area contributed by atoms with Gasteiger partial charge in [-0.25, -0.2) is 9.97 Å². The molecule has 0 aromatic carbocycles. The van der Waals surface area contributed by atoms with Crippen molar-refractivity contribution >= 4 is 39.1 Å². The van der Waals surface area contributed by atoms with Gasteiger partial charge < -0.3 is 5.32 Å². The van der Waals surface area contributed by atoms with Crippen LogP contribution in [0.3, 0.4) is 0 Å². The second-order valence-corrected chi connectivity index (χ2v) is 4.54. The van der Waals surface area contributed by atoms with Crippen molar-refractivity contribution in [3.05, 3.63) is 16.1 Å². The maximum atomic E-state index is 6.03. The van der Waals surface area contributed by atoms with Crippen molar-refractivity contribution in [2.45, 2.75) is 13.8 Å². The third-order valence-electron chi connectivity index (χ3n) is 1.80. The standard InChI is InChI=1S/C9H10ClN3S/c1-3-11-9-12-7(10)6-4-5(2)14-8(6)13-9/h4H,3H2,1-2H3,(H,11,12,13). The first-order valence-electron chi connectivity index (χ1n) is 4.38. The van der Waals surface area contributed by atoms with Gasteiger partial charge in [0.25, 0.3) is 0 Å². The lowest BCUT2D eigenvalue weighted by molar-refractivity contribution is 1.11. The Morgan fingerprint density at radius 1 is 1.50 bits per heavy atom. The Kier molecular flexibility index (Phi) is 2.56. The van der Waals surface area contributed by atoms with E-state index in [-0.39, 0.29) is 0 Å². The van der Waals surface area contributed by atoms with Gasteiger partial charge in [0, 0.05) is 16.8 Å². The van der Waals surface area contributed by atoms with Gasteiger partial charge in [-0.2, -0.15) is 0 Å². The Morgan fingerprint density at radius 2 is 2.29 bits per heavy atom. The fraction of sp³-hybridized carbons (Fsp3) is 0.333. The van der Waals surface area contributed by atoms with Crippen LogP contribution in [0, 0.1) is 6.92 Å². The fourth-order valence-electron chi connectivity index (χ4n) is 1.24. The molecule has 0 aliphatic heterocycles. The van der Waals surface area contributed by atoms with Crippen LogP contribution < -0.4 is 5.32 Å². The van der Waals surface area contributed by atoms with Gasteiger partial charge in [-0.1, -0.05) is 11.6 Å². The van der Waals surface area contributed by atoms with E-state index in [1.165, 1.54) is 4.88 Å². The SMILES string of the molecule is CCNc1nc(Cl)c2cc(C)sc2n1. The van der Waals surface area contributed by atoms with Crippen molar-refractivity contribution in [1.82, 2.24) is 9.97 Å². The van der Waals surface area contributed by atoms with Crippen LogP contribution in [0.2, 0.25) is 5.15 Å². The molecule has 2 rings (SSSR count). The molecule has 0 amide bonds. The summed E-state index contributed by atoms with van der Waals surface area (Å²) in [5.74, 6) is 0.604. The van der Waals surface area contributed by atoms with Gasteiger partial charge >= 0.3 is 0 Å². The smallest absolute Gasteiger partial charge is 0.225 e. The van der Waals surface area contributed by atoms with Crippen LogP contribution >= 0.6 is 22.9 Å². The van der Waals surface area contributed by atoms with Crippen molar-refractivity contribution in [1.29, 1.82) is 0 Å². The van der Waals surface area contributed by atoms with Gasteiger partial charge in [0.2, 0.25) is 5.95 Å². The van der Waals surface area contributed by atoms with E-state index in [0.717, 1.165) is 16.8 Å². The minimum absolute atomic E-state index is 0.523. The average Bonchev–Trinajstić information content (AvgIpc) is 2.47. The summed E-state index contributed by atoms with van der Waals surface area (Å²) < 4.78 is 0. The number of halogens is 1. The lowest BCUT2D eigenvalue weighted by Crippen LogP contribution is -2.01. The Hall–Kier alpha value is -0.870. The Balaban J connectivity index is 2.59. The molecular weight excluding hydrogens is 218 g/mol. The number of nitrogens with one attached hydrogen (secondary N) is 1. The molecule has 0 atom stereocenters. The summed E-state index contributed by atoms with van der Waals surface area (Å²) in [7, 11) is 0. The number of thiophene rings is 1. The predicted molar refractivity (Wildman–Crippen MR) is 61.3 cm³/mol. The number of hydrogen-bond donors (Lipinski definition) is 1. The molecule has 0 radical (unpaired) electrons.